The number of nitrogens with two attached hydrogens (primary N) is 1. The molecule has 0 spiro atoms. The van der Waals surface area contributed by atoms with Gasteiger partial charge < -0.3 is 15.0 Å². The highest BCUT2D eigenvalue weighted by Crippen LogP contribution is 2.31. The van der Waals surface area contributed by atoms with E-state index in [9.17, 15) is 0 Å². The van der Waals surface area contributed by atoms with Gasteiger partial charge in [0.05, 0.1) is 6.10 Å². The van der Waals surface area contributed by atoms with Crippen LogP contribution in [-0.4, -0.2) is 17.9 Å². The molecule has 2 N–H and O–H groups in total. The van der Waals surface area contributed by atoms with Gasteiger partial charge in [0.25, 0.3) is 0 Å². The SMILES string of the molecule is CC1OCCC1c1cc(N)no1. The van der Waals surface area contributed by atoms with Gasteiger partial charge in [-0.15, -0.1) is 0 Å². The molecular formula is C8H12N2O2. The normalized spacial score (nSPS) is 29.4. The first kappa shape index (κ1) is 7.61. The monoisotopic (exact) mass is 168 g/mol. The van der Waals surface area contributed by atoms with Gasteiger partial charge in [-0.05, 0) is 13.3 Å². The van der Waals surface area contributed by atoms with Crippen molar-refractivity contribution in [2.75, 3.05) is 12.3 Å². The number of nitrogen functional groups attached to an aromatic ring is 1. The maximum Gasteiger partial charge on any atom is 0.167 e. The Morgan fingerprint density at radius 3 is 3.00 bits per heavy atom. The lowest BCUT2D eigenvalue weighted by Crippen LogP contribution is -2.08. The van der Waals surface area contributed by atoms with E-state index in [0.717, 1.165) is 18.8 Å². The maximum absolute atomic E-state index is 5.45. The molecule has 0 saturated carbocycles. The van der Waals surface area contributed by atoms with Crippen molar-refractivity contribution in [1.82, 2.24) is 5.16 Å². The molecular weight excluding hydrogens is 156 g/mol. The molecule has 2 unspecified atom stereocenters. The Balaban J connectivity index is 2.19. The van der Waals surface area contributed by atoms with Crippen molar-refractivity contribution in [2.45, 2.75) is 25.4 Å². The van der Waals surface area contributed by atoms with Crippen LogP contribution in [0, 0.1) is 0 Å². The van der Waals surface area contributed by atoms with Gasteiger partial charge >= 0.3 is 0 Å². The van der Waals surface area contributed by atoms with Crippen molar-refractivity contribution in [3.63, 3.8) is 0 Å². The fourth-order valence-corrected chi connectivity index (χ4v) is 1.58. The molecule has 0 radical (unpaired) electrons. The molecule has 0 aromatic carbocycles. The van der Waals surface area contributed by atoms with E-state index in [0.29, 0.717) is 11.7 Å². The molecule has 1 aliphatic heterocycles. The number of rotatable bonds is 1. The van der Waals surface area contributed by atoms with Crippen molar-refractivity contribution in [2.24, 2.45) is 0 Å². The second-order valence-corrected chi connectivity index (χ2v) is 3.13. The molecule has 66 valence electrons. The van der Waals surface area contributed by atoms with Crippen LogP contribution in [0.4, 0.5) is 5.82 Å². The smallest absolute Gasteiger partial charge is 0.167 e. The van der Waals surface area contributed by atoms with E-state index in [1.807, 2.05) is 6.92 Å². The molecule has 12 heavy (non-hydrogen) atoms. The summed E-state index contributed by atoms with van der Waals surface area (Å²) in [5, 5.41) is 3.64. The van der Waals surface area contributed by atoms with E-state index in [-0.39, 0.29) is 6.10 Å². The van der Waals surface area contributed by atoms with Gasteiger partial charge in [-0.3, -0.25) is 0 Å². The summed E-state index contributed by atoms with van der Waals surface area (Å²) in [6.07, 6.45) is 1.22. The summed E-state index contributed by atoms with van der Waals surface area (Å²) >= 11 is 0. The molecule has 2 heterocycles. The van der Waals surface area contributed by atoms with Gasteiger partial charge in [0.2, 0.25) is 0 Å². The van der Waals surface area contributed by atoms with Crippen molar-refractivity contribution < 1.29 is 9.26 Å². The molecule has 1 saturated heterocycles. The molecule has 1 aromatic rings. The highest BCUT2D eigenvalue weighted by atomic mass is 16.5. The standard InChI is InChI=1S/C8H12N2O2/c1-5-6(2-3-11-5)7-4-8(9)10-12-7/h4-6H,2-3H2,1H3,(H2,9,10). The van der Waals surface area contributed by atoms with E-state index >= 15 is 0 Å². The summed E-state index contributed by atoms with van der Waals surface area (Å²) in [6.45, 7) is 2.84. The summed E-state index contributed by atoms with van der Waals surface area (Å²) < 4.78 is 10.5. The van der Waals surface area contributed by atoms with Crippen LogP contribution in [0.3, 0.4) is 0 Å². The van der Waals surface area contributed by atoms with Crippen molar-refractivity contribution in [3.8, 4) is 0 Å². The van der Waals surface area contributed by atoms with E-state index in [4.69, 9.17) is 15.0 Å². The number of hydrogen-bond donors (Lipinski definition) is 1. The summed E-state index contributed by atoms with van der Waals surface area (Å²) in [6, 6.07) is 1.77. The molecule has 0 amide bonds. The van der Waals surface area contributed by atoms with Gasteiger partial charge in [0.1, 0.15) is 5.76 Å². The number of ether oxygens (including phenoxy) is 1. The predicted octanol–water partition coefficient (Wildman–Crippen LogP) is 1.15. The molecule has 2 rings (SSSR count). The van der Waals surface area contributed by atoms with Crippen molar-refractivity contribution in [1.29, 1.82) is 0 Å². The average molecular weight is 168 g/mol. The average Bonchev–Trinajstić information content (AvgIpc) is 2.58. The van der Waals surface area contributed by atoms with Gasteiger partial charge in [-0.2, -0.15) is 0 Å². The molecule has 0 aliphatic carbocycles. The highest BCUT2D eigenvalue weighted by Gasteiger charge is 2.28. The van der Waals surface area contributed by atoms with Gasteiger partial charge in [-0.1, -0.05) is 5.16 Å². The zero-order chi connectivity index (χ0) is 8.55. The quantitative estimate of drug-likeness (QED) is 0.683. The number of nitrogens with zero attached hydrogens (tertiary/aromatic N) is 1. The van der Waals surface area contributed by atoms with Gasteiger partial charge in [-0.25, -0.2) is 0 Å². The van der Waals surface area contributed by atoms with Gasteiger partial charge in [0, 0.05) is 18.6 Å². The molecule has 4 nitrogen and oxygen atoms in total. The first-order valence-corrected chi connectivity index (χ1v) is 4.11. The van der Waals surface area contributed by atoms with Crippen LogP contribution >= 0.6 is 0 Å². The van der Waals surface area contributed by atoms with Crippen LogP contribution in [-0.2, 0) is 4.74 Å². The van der Waals surface area contributed by atoms with Gasteiger partial charge in [0.15, 0.2) is 5.82 Å². The van der Waals surface area contributed by atoms with E-state index < -0.39 is 0 Å². The Bertz CT molecular complexity index is 272. The minimum atomic E-state index is 0.220. The lowest BCUT2D eigenvalue weighted by Gasteiger charge is -2.08. The molecule has 1 aromatic heterocycles. The predicted molar refractivity (Wildman–Crippen MR) is 43.7 cm³/mol. The second kappa shape index (κ2) is 2.79. The number of anilines is 1. The Morgan fingerprint density at radius 2 is 2.50 bits per heavy atom. The summed E-state index contributed by atoms with van der Waals surface area (Å²) in [4.78, 5) is 0. The summed E-state index contributed by atoms with van der Waals surface area (Å²) in [5.74, 6) is 1.62. The van der Waals surface area contributed by atoms with Crippen LogP contribution in [0.25, 0.3) is 0 Å². The van der Waals surface area contributed by atoms with E-state index in [2.05, 4.69) is 5.16 Å². The lowest BCUT2D eigenvalue weighted by molar-refractivity contribution is 0.114. The zero-order valence-electron chi connectivity index (χ0n) is 6.99. The molecule has 2 atom stereocenters. The van der Waals surface area contributed by atoms with Crippen LogP contribution < -0.4 is 5.73 Å². The van der Waals surface area contributed by atoms with Crippen LogP contribution in [0.5, 0.6) is 0 Å². The maximum atomic E-state index is 5.45. The number of hydrogen-bond acceptors (Lipinski definition) is 4. The molecule has 0 bridgehead atoms. The minimum Gasteiger partial charge on any atom is -0.381 e. The third-order valence-electron chi connectivity index (χ3n) is 2.29. The Hall–Kier alpha value is -1.03. The Labute approximate surface area is 70.7 Å². The third kappa shape index (κ3) is 1.18. The minimum absolute atomic E-state index is 0.220. The van der Waals surface area contributed by atoms with Crippen LogP contribution in [0.15, 0.2) is 10.6 Å². The van der Waals surface area contributed by atoms with Crippen LogP contribution in [0.2, 0.25) is 0 Å². The first-order chi connectivity index (χ1) is 5.77. The zero-order valence-corrected chi connectivity index (χ0v) is 6.99. The van der Waals surface area contributed by atoms with E-state index in [1.54, 1.807) is 6.07 Å². The van der Waals surface area contributed by atoms with E-state index in [1.165, 1.54) is 0 Å². The largest absolute Gasteiger partial charge is 0.381 e. The molecule has 1 fully saturated rings. The second-order valence-electron chi connectivity index (χ2n) is 3.13. The Kier molecular flexibility index (Phi) is 1.77. The fourth-order valence-electron chi connectivity index (χ4n) is 1.58. The Morgan fingerprint density at radius 1 is 1.67 bits per heavy atom. The highest BCUT2D eigenvalue weighted by molar-refractivity contribution is 5.28. The van der Waals surface area contributed by atoms with Crippen molar-refractivity contribution in [3.05, 3.63) is 11.8 Å². The van der Waals surface area contributed by atoms with Crippen molar-refractivity contribution >= 4 is 5.82 Å². The number of aromatic nitrogens is 1. The third-order valence-corrected chi connectivity index (χ3v) is 2.29. The molecule has 1 aliphatic rings. The summed E-state index contributed by atoms with van der Waals surface area (Å²) in [7, 11) is 0. The fraction of sp³-hybridized carbons (Fsp3) is 0.625. The molecule has 4 heteroatoms. The topological polar surface area (TPSA) is 61.3 Å². The van der Waals surface area contributed by atoms with Crippen LogP contribution in [0.1, 0.15) is 25.0 Å². The lowest BCUT2D eigenvalue weighted by atomic mass is 10.00. The first-order valence-electron chi connectivity index (χ1n) is 4.11. The summed E-state index contributed by atoms with van der Waals surface area (Å²) in [5.41, 5.74) is 5.45.